The third-order valence-corrected chi connectivity index (χ3v) is 3.51. The minimum absolute atomic E-state index is 0.0593. The number of para-hydroxylation sites is 1. The Bertz CT molecular complexity index is 601. The van der Waals surface area contributed by atoms with Crippen molar-refractivity contribution in [3.8, 4) is 5.75 Å². The van der Waals surface area contributed by atoms with Crippen LogP contribution in [-0.2, 0) is 22.6 Å². The predicted octanol–water partition coefficient (Wildman–Crippen LogP) is 2.26. The van der Waals surface area contributed by atoms with Gasteiger partial charge in [-0.25, -0.2) is 0 Å². The number of carbonyl (C=O) groups is 1. The highest BCUT2D eigenvalue weighted by Crippen LogP contribution is 2.19. The summed E-state index contributed by atoms with van der Waals surface area (Å²) in [4.78, 5) is 11.8. The number of hydrogen-bond donors (Lipinski definition) is 1. The standard InChI is InChI=1S/C14H17N3O3S/c1-3-10-6-4-5-7-11(10)20-8-12(18)15-14-17-16-13(21-14)9-19-2/h4-7H,3,8-9H2,1-2H3,(H,15,17,18). The molecule has 1 N–H and O–H groups in total. The molecular weight excluding hydrogens is 290 g/mol. The number of aromatic nitrogens is 2. The maximum atomic E-state index is 11.8. The first-order valence-corrected chi connectivity index (χ1v) is 7.36. The quantitative estimate of drug-likeness (QED) is 0.849. The van der Waals surface area contributed by atoms with Crippen molar-refractivity contribution in [2.45, 2.75) is 20.0 Å². The van der Waals surface area contributed by atoms with E-state index in [9.17, 15) is 4.79 Å². The van der Waals surface area contributed by atoms with Gasteiger partial charge in [0.2, 0.25) is 5.13 Å². The molecule has 0 unspecified atom stereocenters. The number of benzene rings is 1. The van der Waals surface area contributed by atoms with Crippen LogP contribution in [-0.4, -0.2) is 29.8 Å². The SMILES string of the molecule is CCc1ccccc1OCC(=O)Nc1nnc(COC)s1. The largest absolute Gasteiger partial charge is 0.483 e. The number of hydrogen-bond acceptors (Lipinski definition) is 6. The number of carbonyl (C=O) groups excluding carboxylic acids is 1. The predicted molar refractivity (Wildman–Crippen MR) is 80.6 cm³/mol. The van der Waals surface area contributed by atoms with Crippen LogP contribution in [0.5, 0.6) is 5.75 Å². The highest BCUT2D eigenvalue weighted by Gasteiger charge is 2.09. The second kappa shape index (κ2) is 7.70. The van der Waals surface area contributed by atoms with Gasteiger partial charge in [0.15, 0.2) is 6.61 Å². The number of rotatable bonds is 7. The van der Waals surface area contributed by atoms with Gasteiger partial charge in [-0.15, -0.1) is 10.2 Å². The third kappa shape index (κ3) is 4.51. The Labute approximate surface area is 127 Å². The van der Waals surface area contributed by atoms with Crippen molar-refractivity contribution in [3.63, 3.8) is 0 Å². The van der Waals surface area contributed by atoms with E-state index in [4.69, 9.17) is 9.47 Å². The minimum Gasteiger partial charge on any atom is -0.483 e. The summed E-state index contributed by atoms with van der Waals surface area (Å²) in [5.74, 6) is 0.466. The summed E-state index contributed by atoms with van der Waals surface area (Å²) in [7, 11) is 1.58. The van der Waals surface area contributed by atoms with E-state index in [1.54, 1.807) is 7.11 Å². The second-order valence-electron chi connectivity index (χ2n) is 4.23. The summed E-state index contributed by atoms with van der Waals surface area (Å²) in [6.07, 6.45) is 0.856. The Morgan fingerprint density at radius 1 is 1.33 bits per heavy atom. The fraction of sp³-hybridized carbons (Fsp3) is 0.357. The lowest BCUT2D eigenvalue weighted by molar-refractivity contribution is -0.118. The fourth-order valence-corrected chi connectivity index (χ4v) is 2.45. The summed E-state index contributed by atoms with van der Waals surface area (Å²) in [5.41, 5.74) is 1.07. The molecule has 0 aliphatic rings. The van der Waals surface area contributed by atoms with Crippen LogP contribution in [0.4, 0.5) is 5.13 Å². The van der Waals surface area contributed by atoms with Crippen LogP contribution in [0, 0.1) is 0 Å². The highest BCUT2D eigenvalue weighted by molar-refractivity contribution is 7.15. The molecule has 1 heterocycles. The van der Waals surface area contributed by atoms with Crippen LogP contribution in [0.3, 0.4) is 0 Å². The molecule has 0 bridgehead atoms. The highest BCUT2D eigenvalue weighted by atomic mass is 32.1. The van der Waals surface area contributed by atoms with Gasteiger partial charge in [0, 0.05) is 7.11 Å². The van der Waals surface area contributed by atoms with Crippen LogP contribution in [0.15, 0.2) is 24.3 Å². The first-order valence-electron chi connectivity index (χ1n) is 6.54. The zero-order valence-corrected chi connectivity index (χ0v) is 12.8. The van der Waals surface area contributed by atoms with Crippen molar-refractivity contribution < 1.29 is 14.3 Å². The summed E-state index contributed by atoms with van der Waals surface area (Å²) in [6.45, 7) is 2.37. The number of aryl methyl sites for hydroxylation is 1. The van der Waals surface area contributed by atoms with Gasteiger partial charge < -0.3 is 9.47 Å². The third-order valence-electron chi connectivity index (χ3n) is 2.69. The Morgan fingerprint density at radius 3 is 2.90 bits per heavy atom. The Balaban J connectivity index is 1.86. The molecule has 21 heavy (non-hydrogen) atoms. The van der Waals surface area contributed by atoms with Gasteiger partial charge >= 0.3 is 0 Å². The summed E-state index contributed by atoms with van der Waals surface area (Å²) >= 11 is 1.28. The van der Waals surface area contributed by atoms with E-state index in [1.807, 2.05) is 31.2 Å². The first kappa shape index (κ1) is 15.4. The lowest BCUT2D eigenvalue weighted by Crippen LogP contribution is -2.20. The Hall–Kier alpha value is -1.99. The zero-order valence-electron chi connectivity index (χ0n) is 12.0. The number of nitrogens with one attached hydrogen (secondary N) is 1. The number of anilines is 1. The van der Waals surface area contributed by atoms with E-state index in [2.05, 4.69) is 15.5 Å². The maximum Gasteiger partial charge on any atom is 0.264 e. The molecule has 0 aliphatic heterocycles. The molecule has 0 fully saturated rings. The van der Waals surface area contributed by atoms with Crippen molar-refractivity contribution in [1.82, 2.24) is 10.2 Å². The first-order chi connectivity index (χ1) is 10.2. The summed E-state index contributed by atoms with van der Waals surface area (Å²) in [6, 6.07) is 7.67. The number of methoxy groups -OCH3 is 1. The molecule has 2 aromatic rings. The summed E-state index contributed by atoms with van der Waals surface area (Å²) < 4.78 is 10.5. The second-order valence-corrected chi connectivity index (χ2v) is 5.29. The van der Waals surface area contributed by atoms with Crippen LogP contribution in [0.1, 0.15) is 17.5 Å². The fourth-order valence-electron chi connectivity index (χ4n) is 1.72. The van der Waals surface area contributed by atoms with E-state index >= 15 is 0 Å². The zero-order chi connectivity index (χ0) is 15.1. The average molecular weight is 307 g/mol. The van der Waals surface area contributed by atoms with Gasteiger partial charge in [0.05, 0.1) is 0 Å². The van der Waals surface area contributed by atoms with Crippen LogP contribution in [0.2, 0.25) is 0 Å². The van der Waals surface area contributed by atoms with Gasteiger partial charge in [-0.05, 0) is 18.1 Å². The number of ether oxygens (including phenoxy) is 2. The van der Waals surface area contributed by atoms with Crippen molar-refractivity contribution in [2.24, 2.45) is 0 Å². The summed E-state index contributed by atoms with van der Waals surface area (Å²) in [5, 5.41) is 11.6. The molecule has 0 atom stereocenters. The van der Waals surface area contributed by atoms with E-state index < -0.39 is 0 Å². The van der Waals surface area contributed by atoms with Crippen molar-refractivity contribution >= 4 is 22.4 Å². The van der Waals surface area contributed by atoms with E-state index in [0.717, 1.165) is 17.7 Å². The van der Waals surface area contributed by atoms with Gasteiger partial charge in [-0.2, -0.15) is 0 Å². The minimum atomic E-state index is -0.263. The molecule has 7 heteroatoms. The number of nitrogens with zero attached hydrogens (tertiary/aromatic N) is 2. The molecule has 0 saturated carbocycles. The van der Waals surface area contributed by atoms with E-state index in [0.29, 0.717) is 16.7 Å². The molecule has 0 saturated heterocycles. The topological polar surface area (TPSA) is 73.3 Å². The van der Waals surface area contributed by atoms with Crippen LogP contribution in [0.25, 0.3) is 0 Å². The molecule has 0 spiro atoms. The number of amides is 1. The van der Waals surface area contributed by atoms with E-state index in [-0.39, 0.29) is 12.5 Å². The van der Waals surface area contributed by atoms with Gasteiger partial charge in [0.25, 0.3) is 5.91 Å². The van der Waals surface area contributed by atoms with Gasteiger partial charge in [-0.1, -0.05) is 36.5 Å². The molecule has 112 valence electrons. The van der Waals surface area contributed by atoms with Gasteiger partial charge in [-0.3, -0.25) is 10.1 Å². The molecule has 0 radical (unpaired) electrons. The molecule has 0 aliphatic carbocycles. The Kier molecular flexibility index (Phi) is 5.65. The molecule has 1 amide bonds. The van der Waals surface area contributed by atoms with Crippen molar-refractivity contribution in [1.29, 1.82) is 0 Å². The van der Waals surface area contributed by atoms with E-state index in [1.165, 1.54) is 11.3 Å². The van der Waals surface area contributed by atoms with Crippen molar-refractivity contribution in [2.75, 3.05) is 19.0 Å². The lowest BCUT2D eigenvalue weighted by atomic mass is 10.1. The molecule has 6 nitrogen and oxygen atoms in total. The average Bonchev–Trinajstić information content (AvgIpc) is 2.93. The molecule has 1 aromatic carbocycles. The normalized spacial score (nSPS) is 10.4. The van der Waals surface area contributed by atoms with Crippen LogP contribution < -0.4 is 10.1 Å². The molecule has 2 rings (SSSR count). The molecular formula is C14H17N3O3S. The van der Waals surface area contributed by atoms with Gasteiger partial charge in [0.1, 0.15) is 17.4 Å². The Morgan fingerprint density at radius 2 is 2.14 bits per heavy atom. The monoisotopic (exact) mass is 307 g/mol. The smallest absolute Gasteiger partial charge is 0.264 e. The maximum absolute atomic E-state index is 11.8. The van der Waals surface area contributed by atoms with Crippen LogP contribution >= 0.6 is 11.3 Å². The molecule has 1 aromatic heterocycles. The lowest BCUT2D eigenvalue weighted by Gasteiger charge is -2.09. The van der Waals surface area contributed by atoms with Crippen molar-refractivity contribution in [3.05, 3.63) is 34.8 Å².